The highest BCUT2D eigenvalue weighted by molar-refractivity contribution is 6.30. The van der Waals surface area contributed by atoms with Gasteiger partial charge in [0.15, 0.2) is 0 Å². The van der Waals surface area contributed by atoms with Gasteiger partial charge in [0.2, 0.25) is 0 Å². The van der Waals surface area contributed by atoms with E-state index in [4.69, 9.17) is 22.1 Å². The van der Waals surface area contributed by atoms with Crippen LogP contribution in [0.3, 0.4) is 0 Å². The average Bonchev–Trinajstić information content (AvgIpc) is 2.38. The molecule has 0 amide bonds. The van der Waals surface area contributed by atoms with E-state index in [0.29, 0.717) is 36.8 Å². The van der Waals surface area contributed by atoms with Gasteiger partial charge in [-0.2, -0.15) is 0 Å². The fourth-order valence-corrected chi connectivity index (χ4v) is 2.36. The molecule has 0 saturated carbocycles. The number of nitro benzene ring substituents is 1. The summed E-state index contributed by atoms with van der Waals surface area (Å²) in [5.41, 5.74) is 6.30. The van der Waals surface area contributed by atoms with E-state index in [-0.39, 0.29) is 16.7 Å². The number of nitrogens with zero attached hydrogens (tertiary/aromatic N) is 2. The van der Waals surface area contributed by atoms with Crippen LogP contribution in [0.4, 0.5) is 5.69 Å². The minimum absolute atomic E-state index is 0.00742. The Hall–Kier alpha value is -1.21. The molecule has 1 aromatic rings. The predicted molar refractivity (Wildman–Crippen MR) is 72.2 cm³/mol. The molecule has 1 aliphatic rings. The third-order valence-corrected chi connectivity index (χ3v) is 3.35. The lowest BCUT2D eigenvalue weighted by Crippen LogP contribution is -2.45. The smallest absolute Gasteiger partial charge is 0.273 e. The summed E-state index contributed by atoms with van der Waals surface area (Å²) >= 11 is 5.91. The van der Waals surface area contributed by atoms with E-state index in [0.717, 1.165) is 6.54 Å². The lowest BCUT2D eigenvalue weighted by atomic mass is 10.1. The first-order valence-corrected chi connectivity index (χ1v) is 6.45. The normalized spacial score (nSPS) is 20.4. The fraction of sp³-hybridized carbons (Fsp3) is 0.500. The lowest BCUT2D eigenvalue weighted by molar-refractivity contribution is -0.385. The van der Waals surface area contributed by atoms with E-state index in [2.05, 4.69) is 4.90 Å². The van der Waals surface area contributed by atoms with E-state index in [1.807, 2.05) is 0 Å². The number of morpholine rings is 1. The maximum Gasteiger partial charge on any atom is 0.273 e. The fourth-order valence-electron chi connectivity index (χ4n) is 2.17. The van der Waals surface area contributed by atoms with E-state index < -0.39 is 0 Å². The van der Waals surface area contributed by atoms with Gasteiger partial charge >= 0.3 is 0 Å². The van der Waals surface area contributed by atoms with Gasteiger partial charge in [0, 0.05) is 42.8 Å². The van der Waals surface area contributed by atoms with E-state index in [1.54, 1.807) is 6.07 Å². The summed E-state index contributed by atoms with van der Waals surface area (Å²) in [5.74, 6) is 0. The number of hydrogen-bond donors (Lipinski definition) is 1. The number of nitrogens with two attached hydrogens (primary N) is 1. The van der Waals surface area contributed by atoms with Crippen LogP contribution in [0.15, 0.2) is 18.2 Å². The predicted octanol–water partition coefficient (Wildman–Crippen LogP) is 1.41. The average molecular weight is 286 g/mol. The van der Waals surface area contributed by atoms with Crippen LogP contribution < -0.4 is 5.73 Å². The van der Waals surface area contributed by atoms with E-state index >= 15 is 0 Å². The summed E-state index contributed by atoms with van der Waals surface area (Å²) in [6.45, 7) is 2.95. The van der Waals surface area contributed by atoms with Gasteiger partial charge in [-0.1, -0.05) is 11.6 Å². The molecule has 2 rings (SSSR count). The first kappa shape index (κ1) is 14.2. The Labute approximate surface area is 116 Å². The highest BCUT2D eigenvalue weighted by Crippen LogP contribution is 2.24. The van der Waals surface area contributed by atoms with Gasteiger partial charge < -0.3 is 10.5 Å². The number of halogens is 1. The van der Waals surface area contributed by atoms with Crippen LogP contribution in [-0.2, 0) is 11.3 Å². The topological polar surface area (TPSA) is 81.6 Å². The number of benzene rings is 1. The van der Waals surface area contributed by atoms with Crippen LogP contribution in [0.2, 0.25) is 5.02 Å². The third-order valence-electron chi connectivity index (χ3n) is 3.12. The summed E-state index contributed by atoms with van der Waals surface area (Å²) in [7, 11) is 0. The van der Waals surface area contributed by atoms with Crippen LogP contribution in [0.1, 0.15) is 5.56 Å². The second-order valence-corrected chi connectivity index (χ2v) is 4.93. The standard InChI is InChI=1S/C12H16ClN3O3/c13-10-1-2-12(16(17)18)9(5-10)7-15-3-4-19-11(6-14)8-15/h1-2,5,11H,3-4,6-8,14H2. The summed E-state index contributed by atoms with van der Waals surface area (Å²) in [6.07, 6.45) is -0.00742. The Morgan fingerprint density at radius 2 is 2.37 bits per heavy atom. The molecule has 1 aliphatic heterocycles. The van der Waals surface area contributed by atoms with Gasteiger partial charge in [-0.25, -0.2) is 0 Å². The lowest BCUT2D eigenvalue weighted by Gasteiger charge is -2.32. The molecule has 1 fully saturated rings. The van der Waals surface area contributed by atoms with Gasteiger partial charge in [0.05, 0.1) is 17.6 Å². The first-order valence-electron chi connectivity index (χ1n) is 6.07. The molecule has 1 saturated heterocycles. The number of rotatable bonds is 4. The van der Waals surface area contributed by atoms with Crippen molar-refractivity contribution in [1.82, 2.24) is 4.90 Å². The van der Waals surface area contributed by atoms with Crippen molar-refractivity contribution in [2.75, 3.05) is 26.2 Å². The van der Waals surface area contributed by atoms with Crippen LogP contribution in [0, 0.1) is 10.1 Å². The first-order chi connectivity index (χ1) is 9.10. The zero-order valence-corrected chi connectivity index (χ0v) is 11.2. The van der Waals surface area contributed by atoms with Crippen molar-refractivity contribution in [1.29, 1.82) is 0 Å². The van der Waals surface area contributed by atoms with Gasteiger partial charge in [-0.05, 0) is 12.1 Å². The second kappa shape index (κ2) is 6.29. The van der Waals surface area contributed by atoms with Crippen molar-refractivity contribution < 1.29 is 9.66 Å². The van der Waals surface area contributed by atoms with Gasteiger partial charge in [-0.3, -0.25) is 15.0 Å². The van der Waals surface area contributed by atoms with Crippen molar-refractivity contribution in [2.24, 2.45) is 5.73 Å². The van der Waals surface area contributed by atoms with Crippen molar-refractivity contribution in [2.45, 2.75) is 12.6 Å². The molecule has 1 aromatic carbocycles. The molecule has 0 aliphatic carbocycles. The van der Waals surface area contributed by atoms with Gasteiger partial charge in [0.1, 0.15) is 0 Å². The monoisotopic (exact) mass is 285 g/mol. The highest BCUT2D eigenvalue weighted by atomic mass is 35.5. The summed E-state index contributed by atoms with van der Waals surface area (Å²) in [4.78, 5) is 12.7. The Kier molecular flexibility index (Phi) is 4.71. The molecule has 1 heterocycles. The Bertz CT molecular complexity index is 470. The molecule has 0 spiro atoms. The molecule has 0 aromatic heterocycles. The quantitative estimate of drug-likeness (QED) is 0.668. The molecule has 6 nitrogen and oxygen atoms in total. The summed E-state index contributed by atoms with van der Waals surface area (Å²) in [6, 6.07) is 4.62. The minimum atomic E-state index is -0.382. The van der Waals surface area contributed by atoms with Crippen molar-refractivity contribution in [3.63, 3.8) is 0 Å². The van der Waals surface area contributed by atoms with Crippen LogP contribution >= 0.6 is 11.6 Å². The van der Waals surface area contributed by atoms with Gasteiger partial charge in [-0.15, -0.1) is 0 Å². The van der Waals surface area contributed by atoms with Crippen LogP contribution in [-0.4, -0.2) is 42.2 Å². The van der Waals surface area contributed by atoms with Crippen molar-refractivity contribution in [3.05, 3.63) is 38.9 Å². The molecule has 0 bridgehead atoms. The van der Waals surface area contributed by atoms with E-state index in [9.17, 15) is 10.1 Å². The molecule has 0 radical (unpaired) electrons. The molecule has 1 unspecified atom stereocenters. The zero-order valence-electron chi connectivity index (χ0n) is 10.4. The van der Waals surface area contributed by atoms with Crippen LogP contribution in [0.25, 0.3) is 0 Å². The Balaban J connectivity index is 2.13. The highest BCUT2D eigenvalue weighted by Gasteiger charge is 2.22. The summed E-state index contributed by atoms with van der Waals surface area (Å²) in [5, 5.41) is 11.5. The summed E-state index contributed by atoms with van der Waals surface area (Å²) < 4.78 is 5.47. The van der Waals surface area contributed by atoms with Crippen molar-refractivity contribution in [3.8, 4) is 0 Å². The Morgan fingerprint density at radius 3 is 3.05 bits per heavy atom. The maximum absolute atomic E-state index is 11.0. The van der Waals surface area contributed by atoms with Crippen molar-refractivity contribution >= 4 is 17.3 Å². The zero-order chi connectivity index (χ0) is 13.8. The van der Waals surface area contributed by atoms with Crippen LogP contribution in [0.5, 0.6) is 0 Å². The molecule has 2 N–H and O–H groups in total. The van der Waals surface area contributed by atoms with Gasteiger partial charge in [0.25, 0.3) is 5.69 Å². The molecular weight excluding hydrogens is 270 g/mol. The number of nitro groups is 1. The molecule has 7 heteroatoms. The number of ether oxygens (including phenoxy) is 1. The Morgan fingerprint density at radius 1 is 1.58 bits per heavy atom. The largest absolute Gasteiger partial charge is 0.374 e. The number of hydrogen-bond acceptors (Lipinski definition) is 5. The maximum atomic E-state index is 11.0. The second-order valence-electron chi connectivity index (χ2n) is 4.49. The SMILES string of the molecule is NCC1CN(Cc2cc(Cl)ccc2[N+](=O)[O-])CCO1. The van der Waals surface area contributed by atoms with E-state index in [1.165, 1.54) is 12.1 Å². The third kappa shape index (κ3) is 3.63. The minimum Gasteiger partial charge on any atom is -0.374 e. The molecule has 19 heavy (non-hydrogen) atoms. The molecule has 104 valence electrons. The molecular formula is C12H16ClN3O3. The molecule has 1 atom stereocenters.